The minimum atomic E-state index is -0.556. The molecule has 2 N–H and O–H groups in total. The number of ether oxygens (including phenoxy) is 1. The molecule has 0 spiro atoms. The highest BCUT2D eigenvalue weighted by molar-refractivity contribution is 6.31. The monoisotopic (exact) mass is 565 g/mol. The van der Waals surface area contributed by atoms with Gasteiger partial charge in [0.25, 0.3) is 11.8 Å². The van der Waals surface area contributed by atoms with Crippen molar-refractivity contribution in [3.63, 3.8) is 0 Å². The molecule has 4 rings (SSSR count). The third-order valence-corrected chi connectivity index (χ3v) is 6.20. The summed E-state index contributed by atoms with van der Waals surface area (Å²) >= 11 is 6.13. The zero-order chi connectivity index (χ0) is 28.9. The number of carbonyl (C=O) groups excluding carboxylic acids is 3. The summed E-state index contributed by atoms with van der Waals surface area (Å²) in [7, 11) is 0. The van der Waals surface area contributed by atoms with Crippen molar-refractivity contribution in [3.8, 4) is 0 Å². The standard InChI is InChI=1S/C28H32ClN7O4/c1-18-6-9-23(31-15-18)34-25(37)20-14-19(29)7-8-21(20)33-26(38)22-16-32-24(17-30-22)35-10-5-11-36(13-12-35)27(39)40-28(2,3)4/h6-9,14-17H,5,10-13H2,1-4H3,(H,33,38)(H,31,34,37). The molecule has 1 aliphatic heterocycles. The van der Waals surface area contributed by atoms with Crippen LogP contribution in [0.3, 0.4) is 0 Å². The Bertz CT molecular complexity index is 1370. The molecule has 3 aromatic rings. The first-order valence-corrected chi connectivity index (χ1v) is 13.3. The van der Waals surface area contributed by atoms with E-state index >= 15 is 0 Å². The van der Waals surface area contributed by atoms with E-state index in [-0.39, 0.29) is 23.0 Å². The van der Waals surface area contributed by atoms with Gasteiger partial charge in [0.15, 0.2) is 0 Å². The van der Waals surface area contributed by atoms with E-state index in [2.05, 4.69) is 25.6 Å². The summed E-state index contributed by atoms with van der Waals surface area (Å²) in [6.07, 6.45) is 4.95. The van der Waals surface area contributed by atoms with Crippen molar-refractivity contribution in [3.05, 3.63) is 70.8 Å². The molecule has 210 valence electrons. The average Bonchev–Trinajstić information content (AvgIpc) is 3.17. The number of nitrogens with one attached hydrogen (secondary N) is 2. The van der Waals surface area contributed by atoms with Gasteiger partial charge in [0.05, 0.1) is 23.6 Å². The van der Waals surface area contributed by atoms with Crippen molar-refractivity contribution >= 4 is 46.8 Å². The topological polar surface area (TPSA) is 130 Å². The molecule has 1 fully saturated rings. The van der Waals surface area contributed by atoms with Crippen LogP contribution in [0.25, 0.3) is 0 Å². The lowest BCUT2D eigenvalue weighted by Gasteiger charge is -2.26. The molecule has 0 unspecified atom stereocenters. The van der Waals surface area contributed by atoms with E-state index in [4.69, 9.17) is 16.3 Å². The summed E-state index contributed by atoms with van der Waals surface area (Å²) in [6, 6.07) is 8.11. The average molecular weight is 566 g/mol. The van der Waals surface area contributed by atoms with Crippen LogP contribution in [0.15, 0.2) is 48.9 Å². The first kappa shape index (κ1) is 28.8. The van der Waals surface area contributed by atoms with Gasteiger partial charge in [-0.15, -0.1) is 0 Å². The van der Waals surface area contributed by atoms with Crippen LogP contribution in [0.1, 0.15) is 53.6 Å². The van der Waals surface area contributed by atoms with E-state index in [1.807, 2.05) is 38.7 Å². The molecule has 3 heterocycles. The van der Waals surface area contributed by atoms with Crippen molar-refractivity contribution in [2.45, 2.75) is 39.7 Å². The van der Waals surface area contributed by atoms with Crippen LogP contribution in [-0.4, -0.2) is 69.5 Å². The first-order valence-electron chi connectivity index (χ1n) is 12.9. The van der Waals surface area contributed by atoms with Gasteiger partial charge in [0.1, 0.15) is 22.9 Å². The van der Waals surface area contributed by atoms with Crippen LogP contribution in [0.5, 0.6) is 0 Å². The fraction of sp³-hybridized carbons (Fsp3) is 0.357. The quantitative estimate of drug-likeness (QED) is 0.452. The fourth-order valence-corrected chi connectivity index (χ4v) is 4.15. The predicted octanol–water partition coefficient (Wildman–Crippen LogP) is 4.79. The Morgan fingerprint density at radius 3 is 2.38 bits per heavy atom. The summed E-state index contributed by atoms with van der Waals surface area (Å²) < 4.78 is 5.49. The van der Waals surface area contributed by atoms with Gasteiger partial charge in [-0.1, -0.05) is 17.7 Å². The SMILES string of the molecule is Cc1ccc(NC(=O)c2cc(Cl)ccc2NC(=O)c2cnc(N3CCCN(C(=O)OC(C)(C)C)CC3)cn2)nc1. The highest BCUT2D eigenvalue weighted by Crippen LogP contribution is 2.23. The fourth-order valence-electron chi connectivity index (χ4n) is 3.98. The molecule has 12 heteroatoms. The summed E-state index contributed by atoms with van der Waals surface area (Å²) in [5, 5.41) is 5.77. The number of aryl methyl sites for hydroxylation is 1. The number of rotatable bonds is 5. The van der Waals surface area contributed by atoms with Gasteiger partial charge in [0, 0.05) is 37.4 Å². The van der Waals surface area contributed by atoms with Crippen LogP contribution in [0.2, 0.25) is 5.02 Å². The molecule has 2 aromatic heterocycles. The second-order valence-corrected chi connectivity index (χ2v) is 10.8. The number of halogens is 1. The van der Waals surface area contributed by atoms with Gasteiger partial charge < -0.3 is 25.2 Å². The molecule has 1 aromatic carbocycles. The molecule has 0 atom stereocenters. The van der Waals surface area contributed by atoms with E-state index in [9.17, 15) is 14.4 Å². The lowest BCUT2D eigenvalue weighted by atomic mass is 10.1. The van der Waals surface area contributed by atoms with Crippen molar-refractivity contribution in [2.75, 3.05) is 41.7 Å². The van der Waals surface area contributed by atoms with Crippen molar-refractivity contribution in [1.82, 2.24) is 19.9 Å². The van der Waals surface area contributed by atoms with Gasteiger partial charge in [-0.05, 0) is 63.9 Å². The van der Waals surface area contributed by atoms with Gasteiger partial charge in [-0.25, -0.2) is 19.7 Å². The molecule has 0 radical (unpaired) electrons. The Balaban J connectivity index is 1.41. The van der Waals surface area contributed by atoms with Crippen LogP contribution in [-0.2, 0) is 4.74 Å². The zero-order valence-corrected chi connectivity index (χ0v) is 23.7. The Morgan fingerprint density at radius 2 is 1.70 bits per heavy atom. The number of pyridine rings is 1. The smallest absolute Gasteiger partial charge is 0.410 e. The maximum Gasteiger partial charge on any atom is 0.410 e. The predicted molar refractivity (Wildman–Crippen MR) is 153 cm³/mol. The van der Waals surface area contributed by atoms with Crippen molar-refractivity contribution in [1.29, 1.82) is 0 Å². The van der Waals surface area contributed by atoms with Crippen LogP contribution < -0.4 is 15.5 Å². The van der Waals surface area contributed by atoms with E-state index in [1.165, 1.54) is 18.5 Å². The molecule has 40 heavy (non-hydrogen) atoms. The first-order chi connectivity index (χ1) is 19.0. The summed E-state index contributed by atoms with van der Waals surface area (Å²) in [5.41, 5.74) is 0.918. The molecule has 11 nitrogen and oxygen atoms in total. The third-order valence-electron chi connectivity index (χ3n) is 5.97. The van der Waals surface area contributed by atoms with E-state index in [0.717, 1.165) is 12.0 Å². The Hall–Kier alpha value is -4.25. The number of carbonyl (C=O) groups is 3. The summed E-state index contributed by atoms with van der Waals surface area (Å²) in [5.74, 6) is -0.0372. The lowest BCUT2D eigenvalue weighted by Crippen LogP contribution is -2.39. The second-order valence-electron chi connectivity index (χ2n) is 10.4. The number of benzene rings is 1. The third kappa shape index (κ3) is 7.66. The Labute approximate surface area is 237 Å². The molecule has 1 aliphatic rings. The highest BCUT2D eigenvalue weighted by Gasteiger charge is 2.25. The van der Waals surface area contributed by atoms with Crippen molar-refractivity contribution in [2.24, 2.45) is 0 Å². The number of hydrogen-bond acceptors (Lipinski definition) is 8. The number of amides is 3. The molecule has 1 saturated heterocycles. The van der Waals surface area contributed by atoms with Gasteiger partial charge in [-0.2, -0.15) is 0 Å². The molecule has 0 aliphatic carbocycles. The van der Waals surface area contributed by atoms with Gasteiger partial charge >= 0.3 is 6.09 Å². The zero-order valence-electron chi connectivity index (χ0n) is 22.9. The van der Waals surface area contributed by atoms with Crippen molar-refractivity contribution < 1.29 is 19.1 Å². The van der Waals surface area contributed by atoms with Crippen LogP contribution in [0.4, 0.5) is 22.1 Å². The number of anilines is 3. The molecular weight excluding hydrogens is 534 g/mol. The molecular formula is C28H32ClN7O4. The normalized spacial score (nSPS) is 13.8. The molecule has 0 saturated carbocycles. The number of aromatic nitrogens is 3. The number of nitrogens with zero attached hydrogens (tertiary/aromatic N) is 5. The molecule has 3 amide bonds. The van der Waals surface area contributed by atoms with E-state index < -0.39 is 17.4 Å². The Morgan fingerprint density at radius 1 is 0.900 bits per heavy atom. The van der Waals surface area contributed by atoms with Gasteiger partial charge in [-0.3, -0.25) is 9.59 Å². The van der Waals surface area contributed by atoms with Gasteiger partial charge in [0.2, 0.25) is 0 Å². The second kappa shape index (κ2) is 12.3. The summed E-state index contributed by atoms with van der Waals surface area (Å²) in [4.78, 5) is 55.0. The molecule has 0 bridgehead atoms. The maximum absolute atomic E-state index is 13.0. The minimum Gasteiger partial charge on any atom is -0.444 e. The van der Waals surface area contributed by atoms with E-state index in [1.54, 1.807) is 29.3 Å². The highest BCUT2D eigenvalue weighted by atomic mass is 35.5. The maximum atomic E-state index is 13.0. The van der Waals surface area contributed by atoms with E-state index in [0.29, 0.717) is 42.8 Å². The minimum absolute atomic E-state index is 0.0791. The lowest BCUT2D eigenvalue weighted by molar-refractivity contribution is 0.0263. The largest absolute Gasteiger partial charge is 0.444 e. The summed E-state index contributed by atoms with van der Waals surface area (Å²) in [6.45, 7) is 9.72. The van der Waals surface area contributed by atoms with Crippen LogP contribution >= 0.6 is 11.6 Å². The Kier molecular flexibility index (Phi) is 8.83. The number of hydrogen-bond donors (Lipinski definition) is 2. The van der Waals surface area contributed by atoms with Crippen LogP contribution in [0, 0.1) is 6.92 Å².